The van der Waals surface area contributed by atoms with Gasteiger partial charge in [0.05, 0.1) is 12.5 Å². The number of anilines is 2. The van der Waals surface area contributed by atoms with Crippen LogP contribution in [0.5, 0.6) is 0 Å². The molecule has 0 atom stereocenters. The van der Waals surface area contributed by atoms with Crippen LogP contribution < -0.4 is 10.6 Å². The Bertz CT molecular complexity index is 920. The maximum atomic E-state index is 11.5. The summed E-state index contributed by atoms with van der Waals surface area (Å²) in [6, 6.07) is 9.78. The summed E-state index contributed by atoms with van der Waals surface area (Å²) in [5.41, 5.74) is 6.17. The second-order valence-corrected chi connectivity index (χ2v) is 5.75. The Labute approximate surface area is 139 Å². The van der Waals surface area contributed by atoms with Crippen LogP contribution >= 0.6 is 0 Å². The first kappa shape index (κ1) is 14.4. The standard InChI is InChI=1S/C19H17N3O2/c1-12(23)22-18-5-3-2-4-15(18)14-8-16-17(13-6-7-24-11-13)10-21-19(16)20-9-14/h2-8,10-11,20-21H,9H2,1H3,(H,22,23). The number of rotatable bonds is 3. The van der Waals surface area contributed by atoms with E-state index in [2.05, 4.69) is 21.7 Å². The van der Waals surface area contributed by atoms with Crippen LogP contribution in [0.3, 0.4) is 0 Å². The molecule has 0 saturated heterocycles. The third kappa shape index (κ3) is 2.50. The van der Waals surface area contributed by atoms with Gasteiger partial charge in [-0.3, -0.25) is 4.79 Å². The van der Waals surface area contributed by atoms with Crippen molar-refractivity contribution in [3.63, 3.8) is 0 Å². The van der Waals surface area contributed by atoms with E-state index in [0.717, 1.165) is 39.3 Å². The smallest absolute Gasteiger partial charge is 0.221 e. The van der Waals surface area contributed by atoms with E-state index in [9.17, 15) is 4.79 Å². The van der Waals surface area contributed by atoms with E-state index in [4.69, 9.17) is 4.42 Å². The van der Waals surface area contributed by atoms with Gasteiger partial charge in [-0.05, 0) is 23.8 Å². The van der Waals surface area contributed by atoms with Gasteiger partial charge in [0.2, 0.25) is 5.91 Å². The van der Waals surface area contributed by atoms with Gasteiger partial charge < -0.3 is 20.0 Å². The zero-order valence-electron chi connectivity index (χ0n) is 13.2. The number of amides is 1. The van der Waals surface area contributed by atoms with Gasteiger partial charge in [0.1, 0.15) is 5.82 Å². The number of H-pyrrole nitrogens is 1. The number of carbonyl (C=O) groups is 1. The average molecular weight is 319 g/mol. The average Bonchev–Trinajstić information content (AvgIpc) is 3.23. The highest BCUT2D eigenvalue weighted by molar-refractivity contribution is 6.00. The van der Waals surface area contributed by atoms with Gasteiger partial charge in [-0.2, -0.15) is 0 Å². The number of nitrogens with one attached hydrogen (secondary N) is 3. The molecule has 1 aliphatic heterocycles. The lowest BCUT2D eigenvalue weighted by Gasteiger charge is -2.19. The molecule has 2 aromatic heterocycles. The molecule has 3 N–H and O–H groups in total. The first-order valence-corrected chi connectivity index (χ1v) is 7.78. The molecular formula is C19H17N3O2. The Morgan fingerprint density at radius 2 is 2.08 bits per heavy atom. The highest BCUT2D eigenvalue weighted by Gasteiger charge is 2.19. The summed E-state index contributed by atoms with van der Waals surface area (Å²) in [6.07, 6.45) is 7.53. The third-order valence-electron chi connectivity index (χ3n) is 4.11. The number of furan rings is 1. The number of fused-ring (bicyclic) bond motifs is 1. The maximum Gasteiger partial charge on any atom is 0.221 e. The van der Waals surface area contributed by atoms with Crippen molar-refractivity contribution in [1.29, 1.82) is 0 Å². The van der Waals surface area contributed by atoms with Crippen molar-refractivity contribution < 1.29 is 9.21 Å². The minimum Gasteiger partial charge on any atom is -0.472 e. The summed E-state index contributed by atoms with van der Waals surface area (Å²) in [6.45, 7) is 2.21. The Morgan fingerprint density at radius 3 is 2.88 bits per heavy atom. The summed E-state index contributed by atoms with van der Waals surface area (Å²) in [7, 11) is 0. The second-order valence-electron chi connectivity index (χ2n) is 5.75. The van der Waals surface area contributed by atoms with Crippen LogP contribution in [-0.2, 0) is 4.79 Å². The predicted octanol–water partition coefficient (Wildman–Crippen LogP) is 4.20. The zero-order chi connectivity index (χ0) is 16.5. The largest absolute Gasteiger partial charge is 0.472 e. The van der Waals surface area contributed by atoms with Crippen LogP contribution in [-0.4, -0.2) is 17.4 Å². The monoisotopic (exact) mass is 319 g/mol. The fraction of sp³-hybridized carbons (Fsp3) is 0.105. The minimum atomic E-state index is -0.0757. The summed E-state index contributed by atoms with van der Waals surface area (Å²) >= 11 is 0. The summed E-state index contributed by atoms with van der Waals surface area (Å²) in [5, 5.41) is 6.31. The van der Waals surface area contributed by atoms with Gasteiger partial charge in [0, 0.05) is 47.6 Å². The Morgan fingerprint density at radius 1 is 1.21 bits per heavy atom. The molecule has 1 aliphatic rings. The van der Waals surface area contributed by atoms with Crippen molar-refractivity contribution >= 4 is 29.1 Å². The van der Waals surface area contributed by atoms with E-state index < -0.39 is 0 Å². The van der Waals surface area contributed by atoms with E-state index in [1.807, 2.05) is 36.5 Å². The van der Waals surface area contributed by atoms with Crippen LogP contribution in [0, 0.1) is 0 Å². The van der Waals surface area contributed by atoms with Gasteiger partial charge >= 0.3 is 0 Å². The van der Waals surface area contributed by atoms with Crippen LogP contribution in [0.1, 0.15) is 18.1 Å². The molecule has 5 nitrogen and oxygen atoms in total. The minimum absolute atomic E-state index is 0.0757. The quantitative estimate of drug-likeness (QED) is 0.677. The molecule has 0 spiro atoms. The first-order valence-electron chi connectivity index (χ1n) is 7.78. The van der Waals surface area contributed by atoms with Crippen molar-refractivity contribution in [1.82, 2.24) is 4.98 Å². The molecule has 0 radical (unpaired) electrons. The van der Waals surface area contributed by atoms with Gasteiger partial charge in [-0.15, -0.1) is 0 Å². The van der Waals surface area contributed by atoms with Crippen molar-refractivity contribution in [2.24, 2.45) is 0 Å². The molecule has 24 heavy (non-hydrogen) atoms. The van der Waals surface area contributed by atoms with E-state index in [0.29, 0.717) is 6.54 Å². The van der Waals surface area contributed by atoms with E-state index in [1.165, 1.54) is 6.92 Å². The zero-order valence-corrected chi connectivity index (χ0v) is 13.2. The second kappa shape index (κ2) is 5.77. The van der Waals surface area contributed by atoms with Crippen molar-refractivity contribution in [3.05, 3.63) is 60.2 Å². The first-order chi connectivity index (χ1) is 11.7. The molecule has 0 unspecified atom stereocenters. The molecule has 0 aliphatic carbocycles. The molecule has 0 saturated carbocycles. The van der Waals surface area contributed by atoms with Gasteiger partial charge in [-0.25, -0.2) is 0 Å². The highest BCUT2D eigenvalue weighted by atomic mass is 16.3. The molecule has 0 bridgehead atoms. The van der Waals surface area contributed by atoms with Crippen molar-refractivity contribution in [3.8, 4) is 11.1 Å². The molecule has 120 valence electrons. The lowest BCUT2D eigenvalue weighted by molar-refractivity contribution is -0.114. The van der Waals surface area contributed by atoms with E-state index in [-0.39, 0.29) is 5.91 Å². The lowest BCUT2D eigenvalue weighted by atomic mass is 9.96. The maximum absolute atomic E-state index is 11.5. The molecule has 0 fully saturated rings. The fourth-order valence-electron chi connectivity index (χ4n) is 3.03. The third-order valence-corrected chi connectivity index (χ3v) is 4.11. The van der Waals surface area contributed by atoms with Crippen molar-refractivity contribution in [2.45, 2.75) is 6.92 Å². The molecule has 1 amide bonds. The number of benzene rings is 1. The van der Waals surface area contributed by atoms with E-state index in [1.54, 1.807) is 12.5 Å². The van der Waals surface area contributed by atoms with Crippen LogP contribution in [0.15, 0.2) is 53.5 Å². The number of aromatic nitrogens is 1. The van der Waals surface area contributed by atoms with Crippen LogP contribution in [0.25, 0.3) is 22.8 Å². The molecule has 1 aromatic carbocycles. The Hall–Kier alpha value is -3.21. The Kier molecular flexibility index (Phi) is 3.46. The van der Waals surface area contributed by atoms with Crippen LogP contribution in [0.4, 0.5) is 11.5 Å². The normalized spacial score (nSPS) is 13.0. The number of hydrogen-bond donors (Lipinski definition) is 3. The number of carbonyl (C=O) groups excluding carboxylic acids is 1. The Balaban J connectivity index is 1.79. The molecule has 3 heterocycles. The molecule has 4 rings (SSSR count). The highest BCUT2D eigenvalue weighted by Crippen LogP contribution is 2.37. The topological polar surface area (TPSA) is 70.1 Å². The van der Waals surface area contributed by atoms with Gasteiger partial charge in [-0.1, -0.05) is 18.2 Å². The summed E-state index contributed by atoms with van der Waals surface area (Å²) in [5.74, 6) is 0.917. The number of para-hydroxylation sites is 1. The predicted molar refractivity (Wildman–Crippen MR) is 95.6 cm³/mol. The number of aromatic amines is 1. The number of hydrogen-bond acceptors (Lipinski definition) is 3. The summed E-state index contributed by atoms with van der Waals surface area (Å²) in [4.78, 5) is 14.7. The van der Waals surface area contributed by atoms with Crippen LogP contribution in [0.2, 0.25) is 0 Å². The van der Waals surface area contributed by atoms with Gasteiger partial charge in [0.15, 0.2) is 0 Å². The summed E-state index contributed by atoms with van der Waals surface area (Å²) < 4.78 is 5.20. The van der Waals surface area contributed by atoms with Crippen molar-refractivity contribution in [2.75, 3.05) is 17.2 Å². The lowest BCUT2D eigenvalue weighted by Crippen LogP contribution is -2.13. The molecule has 3 aromatic rings. The molecular weight excluding hydrogens is 302 g/mol. The van der Waals surface area contributed by atoms with Gasteiger partial charge in [0.25, 0.3) is 0 Å². The molecule has 5 heteroatoms. The fourth-order valence-corrected chi connectivity index (χ4v) is 3.03. The SMILES string of the molecule is CC(=O)Nc1ccccc1C1=Cc2c(-c3ccoc3)c[nH]c2NC1. The van der Waals surface area contributed by atoms with E-state index >= 15 is 0 Å².